The first kappa shape index (κ1) is 22.6. The van der Waals surface area contributed by atoms with Crippen LogP contribution in [0.25, 0.3) is 20.2 Å². The van der Waals surface area contributed by atoms with Crippen molar-refractivity contribution in [2.75, 3.05) is 31.5 Å². The Morgan fingerprint density at radius 1 is 1.18 bits per heavy atom. The molecule has 0 saturated heterocycles. The average Bonchev–Trinajstić information content (AvgIpc) is 2.62. The topological polar surface area (TPSA) is 52.6 Å². The summed E-state index contributed by atoms with van der Waals surface area (Å²) in [7, 11) is 0. The van der Waals surface area contributed by atoms with Crippen LogP contribution in [0.15, 0.2) is 41.2 Å². The van der Waals surface area contributed by atoms with Crippen molar-refractivity contribution >= 4 is 49.6 Å². The normalized spacial score (nSPS) is 11.8. The van der Waals surface area contributed by atoms with E-state index in [1.807, 2.05) is 44.2 Å². The lowest BCUT2D eigenvalue weighted by atomic mass is 10.1. The number of aliphatic hydroxyl groups is 1. The number of nitrogens with zero attached hydrogens (tertiary/aromatic N) is 1. The number of rotatable bonds is 7. The predicted octanol–water partition coefficient (Wildman–Crippen LogP) is 4.65. The first-order valence-electron chi connectivity index (χ1n) is 9.44. The molecular formula is C22H29ClN2O2S. The van der Waals surface area contributed by atoms with E-state index in [9.17, 15) is 9.90 Å². The van der Waals surface area contributed by atoms with Gasteiger partial charge in [-0.15, -0.1) is 23.7 Å². The predicted molar refractivity (Wildman–Crippen MR) is 124 cm³/mol. The molecule has 28 heavy (non-hydrogen) atoms. The minimum atomic E-state index is -0.713. The highest BCUT2D eigenvalue weighted by Gasteiger charge is 2.17. The monoisotopic (exact) mass is 420 g/mol. The lowest BCUT2D eigenvalue weighted by Gasteiger charge is -2.28. The van der Waals surface area contributed by atoms with Crippen LogP contribution in [0, 0.1) is 6.92 Å². The molecule has 0 aliphatic heterocycles. The Morgan fingerprint density at radius 3 is 2.57 bits per heavy atom. The molecule has 2 N–H and O–H groups in total. The van der Waals surface area contributed by atoms with E-state index >= 15 is 0 Å². The molecule has 0 fully saturated rings. The lowest BCUT2D eigenvalue weighted by molar-refractivity contribution is 0.0392. The van der Waals surface area contributed by atoms with Crippen molar-refractivity contribution in [1.82, 2.24) is 4.90 Å². The molecule has 0 aliphatic carbocycles. The number of halogens is 1. The van der Waals surface area contributed by atoms with E-state index in [1.165, 1.54) is 0 Å². The van der Waals surface area contributed by atoms with E-state index in [0.717, 1.165) is 51.1 Å². The van der Waals surface area contributed by atoms with E-state index in [2.05, 4.69) is 30.1 Å². The summed E-state index contributed by atoms with van der Waals surface area (Å²) in [6.07, 6.45) is 0. The Balaban J connectivity index is 0.00000280. The van der Waals surface area contributed by atoms with Crippen molar-refractivity contribution < 1.29 is 5.11 Å². The second kappa shape index (κ2) is 9.23. The van der Waals surface area contributed by atoms with Crippen LogP contribution < -0.4 is 10.7 Å². The summed E-state index contributed by atoms with van der Waals surface area (Å²) in [6, 6.07) is 11.9. The van der Waals surface area contributed by atoms with Gasteiger partial charge in [0.25, 0.3) is 0 Å². The largest absolute Gasteiger partial charge is 0.389 e. The smallest absolute Gasteiger partial charge is 0.197 e. The van der Waals surface area contributed by atoms with Crippen molar-refractivity contribution in [1.29, 1.82) is 0 Å². The third-order valence-corrected chi connectivity index (χ3v) is 6.03. The lowest BCUT2D eigenvalue weighted by Crippen LogP contribution is -2.40. The Labute approximate surface area is 176 Å². The summed E-state index contributed by atoms with van der Waals surface area (Å²) in [5.74, 6) is 0. The highest BCUT2D eigenvalue weighted by Crippen LogP contribution is 2.31. The molecule has 3 aromatic rings. The fraction of sp³-hybridized carbons (Fsp3) is 0.409. The average molecular weight is 421 g/mol. The molecule has 0 aliphatic rings. The summed E-state index contributed by atoms with van der Waals surface area (Å²) in [5.41, 5.74) is 1.40. The Bertz CT molecular complexity index is 1010. The molecule has 0 amide bonds. The maximum Gasteiger partial charge on any atom is 0.197 e. The number of hydrogen-bond donors (Lipinski definition) is 2. The zero-order valence-electron chi connectivity index (χ0n) is 16.9. The third kappa shape index (κ3) is 5.03. The Morgan fingerprint density at radius 2 is 1.89 bits per heavy atom. The van der Waals surface area contributed by atoms with Crippen LogP contribution in [-0.4, -0.2) is 41.8 Å². The molecule has 0 spiro atoms. The van der Waals surface area contributed by atoms with Crippen LogP contribution in [0.4, 0.5) is 5.69 Å². The van der Waals surface area contributed by atoms with Gasteiger partial charge in [0.15, 0.2) is 5.43 Å². The molecule has 4 nitrogen and oxygen atoms in total. The zero-order chi connectivity index (χ0) is 19.6. The quantitative estimate of drug-likeness (QED) is 0.546. The van der Waals surface area contributed by atoms with Gasteiger partial charge in [0.05, 0.1) is 11.0 Å². The van der Waals surface area contributed by atoms with Gasteiger partial charge in [0.2, 0.25) is 0 Å². The first-order valence-corrected chi connectivity index (χ1v) is 10.3. The summed E-state index contributed by atoms with van der Waals surface area (Å²) in [6.45, 7) is 10.8. The van der Waals surface area contributed by atoms with Crippen molar-refractivity contribution in [3.63, 3.8) is 0 Å². The van der Waals surface area contributed by atoms with Gasteiger partial charge in [-0.3, -0.25) is 9.69 Å². The van der Waals surface area contributed by atoms with Gasteiger partial charge < -0.3 is 10.4 Å². The van der Waals surface area contributed by atoms with Gasteiger partial charge >= 0.3 is 0 Å². The van der Waals surface area contributed by atoms with Crippen molar-refractivity contribution in [2.24, 2.45) is 0 Å². The van der Waals surface area contributed by atoms with Gasteiger partial charge in [0.1, 0.15) is 0 Å². The minimum Gasteiger partial charge on any atom is -0.389 e. The zero-order valence-corrected chi connectivity index (χ0v) is 18.5. The van der Waals surface area contributed by atoms with Crippen molar-refractivity contribution in [2.45, 2.75) is 33.3 Å². The molecule has 0 unspecified atom stereocenters. The van der Waals surface area contributed by atoms with Gasteiger partial charge in [-0.05, 0) is 51.1 Å². The van der Waals surface area contributed by atoms with E-state index in [1.54, 1.807) is 11.3 Å². The molecule has 0 radical (unpaired) electrons. The van der Waals surface area contributed by atoms with Crippen LogP contribution in [0.3, 0.4) is 0 Å². The van der Waals surface area contributed by atoms with Crippen molar-refractivity contribution in [3.8, 4) is 0 Å². The van der Waals surface area contributed by atoms with Crippen LogP contribution >= 0.6 is 23.7 Å². The number of anilines is 1. The number of likely N-dealkylation sites (N-methyl/N-ethyl adjacent to an activating group) is 1. The molecule has 0 atom stereocenters. The highest BCUT2D eigenvalue weighted by molar-refractivity contribution is 7.24. The summed E-state index contributed by atoms with van der Waals surface area (Å²) >= 11 is 1.67. The van der Waals surface area contributed by atoms with Crippen LogP contribution in [-0.2, 0) is 0 Å². The molecule has 6 heteroatoms. The third-order valence-electron chi connectivity index (χ3n) is 4.73. The summed E-state index contributed by atoms with van der Waals surface area (Å²) in [5, 5.41) is 15.1. The highest BCUT2D eigenvalue weighted by atomic mass is 35.5. The van der Waals surface area contributed by atoms with Gasteiger partial charge in [-0.2, -0.15) is 0 Å². The molecule has 2 aromatic carbocycles. The maximum atomic E-state index is 13.1. The molecule has 0 bridgehead atoms. The van der Waals surface area contributed by atoms with Crippen LogP contribution in [0.2, 0.25) is 0 Å². The molecular weight excluding hydrogens is 392 g/mol. The minimum absolute atomic E-state index is 0. The molecule has 3 rings (SSSR count). The van der Waals surface area contributed by atoms with Crippen molar-refractivity contribution in [3.05, 3.63) is 52.2 Å². The summed E-state index contributed by atoms with van der Waals surface area (Å²) in [4.78, 5) is 15.3. The van der Waals surface area contributed by atoms with Crippen LogP contribution in [0.5, 0.6) is 0 Å². The van der Waals surface area contributed by atoms with E-state index in [4.69, 9.17) is 0 Å². The van der Waals surface area contributed by atoms with E-state index in [-0.39, 0.29) is 17.8 Å². The van der Waals surface area contributed by atoms with Gasteiger partial charge in [0, 0.05) is 40.1 Å². The second-order valence-corrected chi connectivity index (χ2v) is 8.72. The number of hydrogen-bond acceptors (Lipinski definition) is 5. The van der Waals surface area contributed by atoms with Gasteiger partial charge in [-0.1, -0.05) is 25.1 Å². The number of nitrogens with one attached hydrogen (secondary N) is 1. The molecule has 152 valence electrons. The van der Waals surface area contributed by atoms with Crippen LogP contribution in [0.1, 0.15) is 26.3 Å². The molecule has 1 heterocycles. The fourth-order valence-corrected chi connectivity index (χ4v) is 4.59. The molecule has 0 saturated carbocycles. The fourth-order valence-electron chi connectivity index (χ4n) is 3.42. The Kier molecular flexibility index (Phi) is 7.46. The Hall–Kier alpha value is -1.66. The first-order chi connectivity index (χ1) is 12.8. The number of aryl methyl sites for hydroxylation is 1. The van der Waals surface area contributed by atoms with E-state index in [0.29, 0.717) is 6.54 Å². The number of fused-ring (bicyclic) bond motifs is 2. The second-order valence-electron chi connectivity index (χ2n) is 7.67. The molecule has 1 aromatic heterocycles. The number of benzene rings is 2. The van der Waals surface area contributed by atoms with E-state index < -0.39 is 5.60 Å². The van der Waals surface area contributed by atoms with Gasteiger partial charge in [-0.25, -0.2) is 0 Å². The SMILES string of the molecule is CCN(CCNc1ccc(C)c2sc3ccccc3c(=O)c12)CC(C)(C)O.Cl. The summed E-state index contributed by atoms with van der Waals surface area (Å²) < 4.78 is 2.07. The standard InChI is InChI=1S/C22H28N2O2S.ClH/c1-5-24(14-22(3,4)26)13-12-23-17-11-10-15(2)21-19(17)20(25)16-8-6-7-9-18(16)27-21;/h6-11,23,26H,5,12-14H2,1-4H3;1H. The maximum absolute atomic E-state index is 13.1.